The molecule has 0 aromatic heterocycles. The zero-order chi connectivity index (χ0) is 12.8. The van der Waals surface area contributed by atoms with E-state index in [1.54, 1.807) is 19.9 Å². The zero-order valence-electron chi connectivity index (χ0n) is 10.7. The van der Waals surface area contributed by atoms with Crippen molar-refractivity contribution in [2.75, 3.05) is 6.61 Å². The summed E-state index contributed by atoms with van der Waals surface area (Å²) in [5.74, 6) is 0. The predicted octanol–water partition coefficient (Wildman–Crippen LogP) is 2.70. The molecule has 1 heterocycles. The molecule has 0 saturated carbocycles. The molecule has 16 heavy (non-hydrogen) atoms. The maximum Gasteiger partial charge on any atom is 0.410 e. The van der Waals surface area contributed by atoms with Gasteiger partial charge in [-0.3, -0.25) is 4.90 Å². The Bertz CT molecular complexity index is 313. The molecule has 0 spiro atoms. The van der Waals surface area contributed by atoms with Gasteiger partial charge in [0, 0.05) is 0 Å². The van der Waals surface area contributed by atoms with Crippen LogP contribution in [0.15, 0.2) is 12.7 Å². The average molecular weight is 227 g/mol. The van der Waals surface area contributed by atoms with Gasteiger partial charge in [0.15, 0.2) is 0 Å². The number of ether oxygens (including phenoxy) is 1. The van der Waals surface area contributed by atoms with Crippen LogP contribution in [0.4, 0.5) is 4.79 Å². The molecule has 0 aromatic rings. The fraction of sp³-hybridized carbons (Fsp3) is 0.750. The van der Waals surface area contributed by atoms with Crippen LogP contribution >= 0.6 is 0 Å². The lowest BCUT2D eigenvalue weighted by atomic mass is 9.73. The Balaban J connectivity index is 3.32. The zero-order valence-corrected chi connectivity index (χ0v) is 10.7. The van der Waals surface area contributed by atoms with Gasteiger partial charge in [-0.2, -0.15) is 0 Å². The minimum atomic E-state index is -0.975. The van der Waals surface area contributed by atoms with Gasteiger partial charge in [0.25, 0.3) is 0 Å². The fourth-order valence-electron chi connectivity index (χ4n) is 2.31. The maximum atomic E-state index is 11.4. The fourth-order valence-corrected chi connectivity index (χ4v) is 2.31. The molecule has 1 rings (SSSR count). The van der Waals surface area contributed by atoms with E-state index in [2.05, 4.69) is 6.58 Å². The van der Waals surface area contributed by atoms with Crippen LogP contribution in [-0.2, 0) is 4.74 Å². The first kappa shape index (κ1) is 13.0. The van der Waals surface area contributed by atoms with Crippen LogP contribution in [0.1, 0.15) is 34.6 Å². The third kappa shape index (κ3) is 1.61. The third-order valence-corrected chi connectivity index (χ3v) is 3.41. The van der Waals surface area contributed by atoms with E-state index in [4.69, 9.17) is 4.74 Å². The van der Waals surface area contributed by atoms with Gasteiger partial charge < -0.3 is 9.84 Å². The van der Waals surface area contributed by atoms with Crippen molar-refractivity contribution in [3.8, 4) is 0 Å². The molecule has 4 heteroatoms. The summed E-state index contributed by atoms with van der Waals surface area (Å²) in [5.41, 5.74) is -1.75. The van der Waals surface area contributed by atoms with E-state index in [9.17, 15) is 9.90 Å². The summed E-state index contributed by atoms with van der Waals surface area (Å²) in [6, 6.07) is 0. The van der Waals surface area contributed by atoms with E-state index in [0.29, 0.717) is 6.61 Å². The lowest BCUT2D eigenvalue weighted by Gasteiger charge is -2.46. The molecular formula is C12H21NO3. The quantitative estimate of drug-likeness (QED) is 0.701. The van der Waals surface area contributed by atoms with E-state index < -0.39 is 17.4 Å². The van der Waals surface area contributed by atoms with E-state index in [1.807, 2.05) is 20.8 Å². The molecule has 92 valence electrons. The molecule has 0 aromatic carbocycles. The molecule has 1 amide bonds. The van der Waals surface area contributed by atoms with Crippen LogP contribution in [-0.4, -0.2) is 34.0 Å². The first-order chi connectivity index (χ1) is 7.08. The molecule has 1 fully saturated rings. The van der Waals surface area contributed by atoms with E-state index in [0.717, 1.165) is 0 Å². The molecule has 4 nitrogen and oxygen atoms in total. The summed E-state index contributed by atoms with van der Waals surface area (Å²) in [5, 5.41) is 9.38. The van der Waals surface area contributed by atoms with Crippen LogP contribution < -0.4 is 0 Å². The van der Waals surface area contributed by atoms with Gasteiger partial charge in [-0.1, -0.05) is 26.8 Å². The van der Waals surface area contributed by atoms with Crippen molar-refractivity contribution in [1.29, 1.82) is 0 Å². The van der Waals surface area contributed by atoms with E-state index in [1.165, 1.54) is 4.90 Å². The standard InChI is InChI=1S/C12H21NO3/c1-7-12(10(2,3)4)8-16-11(5,6)13(12)9(14)15/h7H,1,8H2,2-6H3,(H,14,15)/t12-/m1/s1. The molecule has 0 aliphatic carbocycles. The smallest absolute Gasteiger partial charge is 0.410 e. The molecule has 1 saturated heterocycles. The Morgan fingerprint density at radius 2 is 2.00 bits per heavy atom. The predicted molar refractivity (Wildman–Crippen MR) is 62.3 cm³/mol. The Morgan fingerprint density at radius 1 is 1.50 bits per heavy atom. The molecule has 0 bridgehead atoms. The van der Waals surface area contributed by atoms with Crippen LogP contribution in [0.3, 0.4) is 0 Å². The summed E-state index contributed by atoms with van der Waals surface area (Å²) < 4.78 is 5.62. The Morgan fingerprint density at radius 3 is 2.25 bits per heavy atom. The number of carboxylic acid groups (broad SMARTS) is 1. The van der Waals surface area contributed by atoms with Gasteiger partial charge in [0.2, 0.25) is 0 Å². The number of amides is 1. The topological polar surface area (TPSA) is 49.8 Å². The summed E-state index contributed by atoms with van der Waals surface area (Å²) >= 11 is 0. The second-order valence-electron chi connectivity index (χ2n) is 5.73. The van der Waals surface area contributed by atoms with Crippen molar-refractivity contribution < 1.29 is 14.6 Å². The van der Waals surface area contributed by atoms with E-state index in [-0.39, 0.29) is 5.41 Å². The second kappa shape index (κ2) is 3.48. The van der Waals surface area contributed by atoms with E-state index >= 15 is 0 Å². The monoisotopic (exact) mass is 227 g/mol. The summed E-state index contributed by atoms with van der Waals surface area (Å²) in [7, 11) is 0. The highest BCUT2D eigenvalue weighted by atomic mass is 16.5. The number of nitrogens with zero attached hydrogens (tertiary/aromatic N) is 1. The molecular weight excluding hydrogens is 206 g/mol. The third-order valence-electron chi connectivity index (χ3n) is 3.41. The Labute approximate surface area is 96.9 Å². The second-order valence-corrected chi connectivity index (χ2v) is 5.73. The molecule has 1 atom stereocenters. The largest absolute Gasteiger partial charge is 0.465 e. The summed E-state index contributed by atoms with van der Waals surface area (Å²) in [6.07, 6.45) is 0.716. The van der Waals surface area contributed by atoms with Crippen molar-refractivity contribution in [3.63, 3.8) is 0 Å². The van der Waals surface area contributed by atoms with Crippen LogP contribution in [0.25, 0.3) is 0 Å². The van der Waals surface area contributed by atoms with Crippen LogP contribution in [0, 0.1) is 5.41 Å². The number of carbonyl (C=O) groups is 1. The average Bonchev–Trinajstić information content (AvgIpc) is 2.36. The SMILES string of the molecule is C=C[C@]1(C(C)(C)C)COC(C)(C)N1C(=O)O. The van der Waals surface area contributed by atoms with Gasteiger partial charge in [-0.25, -0.2) is 4.79 Å². The number of rotatable bonds is 1. The van der Waals surface area contributed by atoms with Crippen molar-refractivity contribution >= 4 is 6.09 Å². The highest BCUT2D eigenvalue weighted by Crippen LogP contribution is 2.46. The minimum absolute atomic E-state index is 0.263. The van der Waals surface area contributed by atoms with Crippen molar-refractivity contribution in [2.45, 2.75) is 45.9 Å². The van der Waals surface area contributed by atoms with Crippen LogP contribution in [0.5, 0.6) is 0 Å². The summed E-state index contributed by atoms with van der Waals surface area (Å²) in [6.45, 7) is 13.7. The first-order valence-electron chi connectivity index (χ1n) is 5.39. The van der Waals surface area contributed by atoms with Gasteiger partial charge in [-0.15, -0.1) is 6.58 Å². The molecule has 0 radical (unpaired) electrons. The van der Waals surface area contributed by atoms with Crippen molar-refractivity contribution in [2.24, 2.45) is 5.41 Å². The van der Waals surface area contributed by atoms with Gasteiger partial charge >= 0.3 is 6.09 Å². The van der Waals surface area contributed by atoms with Gasteiger partial charge in [-0.05, 0) is 19.3 Å². The minimum Gasteiger partial charge on any atom is -0.465 e. The highest BCUT2D eigenvalue weighted by molar-refractivity contribution is 5.68. The van der Waals surface area contributed by atoms with Crippen molar-refractivity contribution in [3.05, 3.63) is 12.7 Å². The maximum absolute atomic E-state index is 11.4. The van der Waals surface area contributed by atoms with Gasteiger partial charge in [0.1, 0.15) is 5.72 Å². The number of hydrogen-bond donors (Lipinski definition) is 1. The molecule has 0 unspecified atom stereocenters. The Kier molecular flexibility index (Phi) is 2.84. The number of hydrogen-bond acceptors (Lipinski definition) is 2. The van der Waals surface area contributed by atoms with Crippen LogP contribution in [0.2, 0.25) is 0 Å². The Hall–Kier alpha value is -1.03. The summed E-state index contributed by atoms with van der Waals surface area (Å²) in [4.78, 5) is 12.8. The first-order valence-corrected chi connectivity index (χ1v) is 5.39. The lowest BCUT2D eigenvalue weighted by Crippen LogP contribution is -2.60. The van der Waals surface area contributed by atoms with Gasteiger partial charge in [0.05, 0.1) is 12.1 Å². The molecule has 1 aliphatic rings. The van der Waals surface area contributed by atoms with Crippen molar-refractivity contribution in [1.82, 2.24) is 4.90 Å². The normalized spacial score (nSPS) is 29.2. The highest BCUT2D eigenvalue weighted by Gasteiger charge is 2.58. The molecule has 1 aliphatic heterocycles. The lowest BCUT2D eigenvalue weighted by molar-refractivity contribution is -0.0510. The molecule has 1 N–H and O–H groups in total.